The summed E-state index contributed by atoms with van der Waals surface area (Å²) in [5, 5.41) is 9.73. The minimum Gasteiger partial charge on any atom is -0.480 e. The SMILES string of the molecule is COC(=O)N(CCCC(C(=O)O)N(C(=O)OC)c1ccccc1)c1ccccc1. The summed E-state index contributed by atoms with van der Waals surface area (Å²) in [5.74, 6) is -1.16. The fraction of sp³-hybridized carbons (Fsp3) is 0.286. The van der Waals surface area contributed by atoms with E-state index in [1.165, 1.54) is 19.1 Å². The van der Waals surface area contributed by atoms with E-state index < -0.39 is 24.2 Å². The number of amides is 2. The molecule has 0 saturated carbocycles. The Kier molecular flexibility index (Phi) is 8.02. The number of rotatable bonds is 8. The second-order valence-corrected chi connectivity index (χ2v) is 6.13. The van der Waals surface area contributed by atoms with Crippen LogP contribution in [0.25, 0.3) is 0 Å². The number of ether oxygens (including phenoxy) is 2. The smallest absolute Gasteiger partial charge is 0.414 e. The molecule has 0 aliphatic heterocycles. The van der Waals surface area contributed by atoms with Gasteiger partial charge in [0.15, 0.2) is 0 Å². The maximum atomic E-state index is 12.3. The van der Waals surface area contributed by atoms with Gasteiger partial charge in [-0.1, -0.05) is 36.4 Å². The molecule has 2 aromatic carbocycles. The molecule has 1 unspecified atom stereocenters. The van der Waals surface area contributed by atoms with Gasteiger partial charge in [0.2, 0.25) is 0 Å². The number of hydrogen-bond donors (Lipinski definition) is 1. The van der Waals surface area contributed by atoms with Gasteiger partial charge in [0.05, 0.1) is 14.2 Å². The number of carboxylic acid groups (broad SMARTS) is 1. The topological polar surface area (TPSA) is 96.4 Å². The lowest BCUT2D eigenvalue weighted by Crippen LogP contribution is -2.46. The highest BCUT2D eigenvalue weighted by molar-refractivity contribution is 5.95. The van der Waals surface area contributed by atoms with Crippen molar-refractivity contribution >= 4 is 29.5 Å². The third-order valence-corrected chi connectivity index (χ3v) is 4.32. The van der Waals surface area contributed by atoms with Crippen LogP contribution in [0.5, 0.6) is 0 Å². The first-order chi connectivity index (χ1) is 14.0. The van der Waals surface area contributed by atoms with E-state index in [4.69, 9.17) is 9.47 Å². The predicted octanol–water partition coefficient (Wildman–Crippen LogP) is 3.77. The second kappa shape index (κ2) is 10.7. The van der Waals surface area contributed by atoms with Crippen molar-refractivity contribution in [3.8, 4) is 0 Å². The summed E-state index contributed by atoms with van der Waals surface area (Å²) < 4.78 is 9.62. The summed E-state index contributed by atoms with van der Waals surface area (Å²) in [4.78, 5) is 38.9. The maximum absolute atomic E-state index is 12.3. The zero-order valence-electron chi connectivity index (χ0n) is 16.4. The van der Waals surface area contributed by atoms with E-state index in [2.05, 4.69) is 0 Å². The maximum Gasteiger partial charge on any atom is 0.414 e. The average Bonchev–Trinajstić information content (AvgIpc) is 2.76. The molecule has 0 fully saturated rings. The zero-order chi connectivity index (χ0) is 21.2. The Morgan fingerprint density at radius 3 is 1.86 bits per heavy atom. The molecule has 1 N–H and O–H groups in total. The number of hydrogen-bond acceptors (Lipinski definition) is 5. The number of nitrogens with zero attached hydrogens (tertiary/aromatic N) is 2. The highest BCUT2D eigenvalue weighted by Crippen LogP contribution is 2.22. The van der Waals surface area contributed by atoms with Gasteiger partial charge in [0.25, 0.3) is 0 Å². The van der Waals surface area contributed by atoms with Crippen LogP contribution in [0.4, 0.5) is 21.0 Å². The number of anilines is 2. The van der Waals surface area contributed by atoms with Crippen LogP contribution in [0.15, 0.2) is 60.7 Å². The zero-order valence-corrected chi connectivity index (χ0v) is 16.4. The quantitative estimate of drug-likeness (QED) is 0.725. The number of carboxylic acids is 1. The molecule has 2 aromatic rings. The van der Waals surface area contributed by atoms with Crippen LogP contribution >= 0.6 is 0 Å². The summed E-state index contributed by atoms with van der Waals surface area (Å²) >= 11 is 0. The van der Waals surface area contributed by atoms with Crippen molar-refractivity contribution in [1.29, 1.82) is 0 Å². The van der Waals surface area contributed by atoms with Crippen molar-refractivity contribution in [2.45, 2.75) is 18.9 Å². The molecule has 1 atom stereocenters. The third-order valence-electron chi connectivity index (χ3n) is 4.32. The van der Waals surface area contributed by atoms with Gasteiger partial charge in [-0.25, -0.2) is 14.4 Å². The van der Waals surface area contributed by atoms with Gasteiger partial charge in [0.1, 0.15) is 6.04 Å². The highest BCUT2D eigenvalue weighted by atomic mass is 16.5. The first-order valence-electron chi connectivity index (χ1n) is 9.05. The number of para-hydroxylation sites is 2. The van der Waals surface area contributed by atoms with Crippen molar-refractivity contribution in [3.63, 3.8) is 0 Å². The molecule has 0 aliphatic carbocycles. The molecule has 2 amide bonds. The molecule has 0 bridgehead atoms. The van der Waals surface area contributed by atoms with Gasteiger partial charge in [-0.15, -0.1) is 0 Å². The van der Waals surface area contributed by atoms with Crippen LogP contribution in [0, 0.1) is 0 Å². The lowest BCUT2D eigenvalue weighted by atomic mass is 10.1. The first kappa shape index (κ1) is 21.7. The van der Waals surface area contributed by atoms with Crippen LogP contribution in [-0.2, 0) is 14.3 Å². The molecule has 8 heteroatoms. The normalized spacial score (nSPS) is 11.2. The standard InChI is InChI=1S/C21H24N2O6/c1-28-20(26)22(16-10-5-3-6-11-16)15-9-14-18(19(24)25)23(21(27)29-2)17-12-7-4-8-13-17/h3-8,10-13,18H,9,14-15H2,1-2H3,(H,24,25). The summed E-state index contributed by atoms with van der Waals surface area (Å²) in [6.45, 7) is 0.226. The Morgan fingerprint density at radius 1 is 0.862 bits per heavy atom. The Bertz CT molecular complexity index is 812. The first-order valence-corrected chi connectivity index (χ1v) is 9.05. The van der Waals surface area contributed by atoms with Crippen LogP contribution in [0.2, 0.25) is 0 Å². The molecule has 0 spiro atoms. The largest absolute Gasteiger partial charge is 0.480 e. The lowest BCUT2D eigenvalue weighted by Gasteiger charge is -2.28. The lowest BCUT2D eigenvalue weighted by molar-refractivity contribution is -0.138. The van der Waals surface area contributed by atoms with E-state index in [9.17, 15) is 19.5 Å². The monoisotopic (exact) mass is 400 g/mol. The van der Waals surface area contributed by atoms with E-state index >= 15 is 0 Å². The molecule has 0 radical (unpaired) electrons. The number of carbonyl (C=O) groups is 3. The average molecular weight is 400 g/mol. The molecule has 0 aliphatic rings. The van der Waals surface area contributed by atoms with Crippen LogP contribution in [0.1, 0.15) is 12.8 Å². The van der Waals surface area contributed by atoms with E-state index in [1.807, 2.05) is 6.07 Å². The third kappa shape index (κ3) is 5.71. The molecule has 2 rings (SSSR count). The molecule has 8 nitrogen and oxygen atoms in total. The van der Waals surface area contributed by atoms with Crippen LogP contribution < -0.4 is 9.80 Å². The molecule has 0 aromatic heterocycles. The van der Waals surface area contributed by atoms with Crippen molar-refractivity contribution < 1.29 is 29.0 Å². The van der Waals surface area contributed by atoms with Gasteiger partial charge in [-0.05, 0) is 37.1 Å². The predicted molar refractivity (Wildman–Crippen MR) is 108 cm³/mol. The Morgan fingerprint density at radius 2 is 1.38 bits per heavy atom. The van der Waals surface area contributed by atoms with Crippen LogP contribution in [0.3, 0.4) is 0 Å². The molecular weight excluding hydrogens is 376 g/mol. The van der Waals surface area contributed by atoms with E-state index in [-0.39, 0.29) is 13.0 Å². The Hall–Kier alpha value is -3.55. The van der Waals surface area contributed by atoms with Gasteiger partial charge in [-0.2, -0.15) is 0 Å². The van der Waals surface area contributed by atoms with E-state index in [0.29, 0.717) is 17.8 Å². The summed E-state index contributed by atoms with van der Waals surface area (Å²) in [5.41, 5.74) is 1.05. The van der Waals surface area contributed by atoms with Gasteiger partial charge < -0.3 is 14.6 Å². The number of methoxy groups -OCH3 is 2. The minimum absolute atomic E-state index is 0.111. The Labute approximate surface area is 169 Å². The molecule has 29 heavy (non-hydrogen) atoms. The van der Waals surface area contributed by atoms with Crippen LogP contribution in [-0.4, -0.2) is 50.1 Å². The number of carbonyl (C=O) groups excluding carboxylic acids is 2. The summed E-state index contributed by atoms with van der Waals surface area (Å²) in [6, 6.07) is 16.2. The fourth-order valence-corrected chi connectivity index (χ4v) is 2.95. The van der Waals surface area contributed by atoms with Crippen molar-refractivity contribution in [1.82, 2.24) is 0 Å². The number of aliphatic carboxylic acids is 1. The fourth-order valence-electron chi connectivity index (χ4n) is 2.95. The second-order valence-electron chi connectivity index (χ2n) is 6.13. The molecule has 0 saturated heterocycles. The minimum atomic E-state index is -1.16. The molecule has 0 heterocycles. The number of benzene rings is 2. The van der Waals surface area contributed by atoms with E-state index in [1.54, 1.807) is 54.6 Å². The highest BCUT2D eigenvalue weighted by Gasteiger charge is 2.32. The Balaban J connectivity index is 2.17. The van der Waals surface area contributed by atoms with Crippen molar-refractivity contribution in [2.75, 3.05) is 30.6 Å². The summed E-state index contributed by atoms with van der Waals surface area (Å²) in [7, 11) is 2.48. The summed E-state index contributed by atoms with van der Waals surface area (Å²) in [6.07, 6.45) is -0.881. The molecule has 154 valence electrons. The molecular formula is C21H24N2O6. The van der Waals surface area contributed by atoms with Gasteiger partial charge in [0, 0.05) is 17.9 Å². The van der Waals surface area contributed by atoms with Crippen molar-refractivity contribution in [3.05, 3.63) is 60.7 Å². The van der Waals surface area contributed by atoms with E-state index in [0.717, 1.165) is 4.90 Å². The van der Waals surface area contributed by atoms with Gasteiger partial charge >= 0.3 is 18.2 Å². The van der Waals surface area contributed by atoms with Gasteiger partial charge in [-0.3, -0.25) is 9.80 Å². The van der Waals surface area contributed by atoms with Crippen molar-refractivity contribution in [2.24, 2.45) is 0 Å².